The summed E-state index contributed by atoms with van der Waals surface area (Å²) in [4.78, 5) is 52.7. The van der Waals surface area contributed by atoms with E-state index in [0.29, 0.717) is 36.5 Å². The second-order valence-corrected chi connectivity index (χ2v) is 10.6. The van der Waals surface area contributed by atoms with E-state index in [4.69, 9.17) is 4.74 Å². The molecule has 0 aliphatic carbocycles. The topological polar surface area (TPSA) is 87.2 Å². The van der Waals surface area contributed by atoms with Gasteiger partial charge >= 0.3 is 0 Å². The van der Waals surface area contributed by atoms with Crippen LogP contribution in [-0.2, 0) is 19.2 Å². The van der Waals surface area contributed by atoms with Gasteiger partial charge < -0.3 is 14.5 Å². The molecule has 8 nitrogen and oxygen atoms in total. The lowest BCUT2D eigenvalue weighted by Gasteiger charge is -2.35. The number of likely N-dealkylation sites (tertiary alicyclic amines) is 1. The highest BCUT2D eigenvalue weighted by molar-refractivity contribution is 8.16. The average Bonchev–Trinajstić information content (AvgIpc) is 3.15. The average molecular weight is 478 g/mol. The van der Waals surface area contributed by atoms with Crippen LogP contribution >= 0.6 is 23.5 Å². The number of benzene rings is 1. The van der Waals surface area contributed by atoms with Crippen LogP contribution in [0.2, 0.25) is 0 Å². The number of hydrogen-bond donors (Lipinski definition) is 0. The third kappa shape index (κ3) is 5.58. The van der Waals surface area contributed by atoms with Crippen LogP contribution in [0.1, 0.15) is 29.4 Å². The van der Waals surface area contributed by atoms with Crippen molar-refractivity contribution in [2.24, 2.45) is 0 Å². The fraction of sp³-hybridized carbons (Fsp3) is 0.545. The third-order valence-electron chi connectivity index (χ3n) is 5.77. The molecule has 3 aliphatic heterocycles. The zero-order valence-electron chi connectivity index (χ0n) is 17.9. The number of ether oxygens (including phenoxy) is 1. The minimum Gasteiger partial charge on any atom is -0.484 e. The Labute approximate surface area is 196 Å². The van der Waals surface area contributed by atoms with E-state index >= 15 is 0 Å². The zero-order valence-corrected chi connectivity index (χ0v) is 19.5. The monoisotopic (exact) mass is 477 g/mol. The molecule has 0 radical (unpaired) electrons. The predicted octanol–water partition coefficient (Wildman–Crippen LogP) is 1.75. The third-order valence-corrected chi connectivity index (χ3v) is 8.79. The maximum absolute atomic E-state index is 12.5. The highest BCUT2D eigenvalue weighted by Gasteiger charge is 2.33. The van der Waals surface area contributed by atoms with Crippen LogP contribution < -0.4 is 4.74 Å². The molecule has 0 aromatic heterocycles. The van der Waals surface area contributed by atoms with Crippen molar-refractivity contribution in [1.82, 2.24) is 14.7 Å². The molecule has 1 aromatic carbocycles. The first-order valence-electron chi connectivity index (χ1n) is 10.9. The maximum Gasteiger partial charge on any atom is 0.260 e. The van der Waals surface area contributed by atoms with Crippen molar-refractivity contribution in [3.05, 3.63) is 29.8 Å². The maximum atomic E-state index is 12.5. The Kier molecular flexibility index (Phi) is 7.62. The van der Waals surface area contributed by atoms with Crippen LogP contribution in [0.3, 0.4) is 0 Å². The molecule has 172 valence electrons. The van der Waals surface area contributed by atoms with Crippen molar-refractivity contribution in [3.8, 4) is 5.75 Å². The summed E-state index contributed by atoms with van der Waals surface area (Å²) < 4.78 is 6.16. The summed E-state index contributed by atoms with van der Waals surface area (Å²) in [6.45, 7) is 1.33. The summed E-state index contributed by atoms with van der Waals surface area (Å²) in [6, 6.07) is 7.96. The predicted molar refractivity (Wildman–Crippen MR) is 123 cm³/mol. The standard InChI is InChI=1S/C22H27N3O5S2/c26-18-6-7-19(27)25(18)14-20(28)23-8-10-24(11-9-23)21(29)15-30-17-4-2-16(3-5-17)22-31-12-1-13-32-22/h2-5,22H,1,6-15H2. The molecule has 10 heteroatoms. The van der Waals surface area contributed by atoms with E-state index in [-0.39, 0.29) is 49.6 Å². The second-order valence-electron chi connectivity index (χ2n) is 7.92. The SMILES string of the molecule is O=C(COc1ccc(C2SCCCS2)cc1)N1CCN(C(=O)CN2C(=O)CCC2=O)CC1. The van der Waals surface area contributed by atoms with Crippen LogP contribution in [0.15, 0.2) is 24.3 Å². The number of carbonyl (C=O) groups is 4. The first-order valence-corrected chi connectivity index (χ1v) is 13.0. The number of thioether (sulfide) groups is 2. The van der Waals surface area contributed by atoms with E-state index in [9.17, 15) is 19.2 Å². The molecular formula is C22H27N3O5S2. The second kappa shape index (κ2) is 10.6. The van der Waals surface area contributed by atoms with E-state index < -0.39 is 0 Å². The van der Waals surface area contributed by atoms with Crippen LogP contribution in [0.5, 0.6) is 5.75 Å². The molecular weight excluding hydrogens is 450 g/mol. The Morgan fingerprint density at radius 1 is 0.875 bits per heavy atom. The number of piperazine rings is 1. The lowest BCUT2D eigenvalue weighted by Crippen LogP contribution is -2.53. The van der Waals surface area contributed by atoms with Gasteiger partial charge in [0, 0.05) is 39.0 Å². The minimum atomic E-state index is -0.293. The molecule has 3 fully saturated rings. The lowest BCUT2D eigenvalue weighted by molar-refractivity contribution is -0.147. The van der Waals surface area contributed by atoms with Crippen molar-refractivity contribution < 1.29 is 23.9 Å². The van der Waals surface area contributed by atoms with Gasteiger partial charge in [-0.25, -0.2) is 0 Å². The van der Waals surface area contributed by atoms with Crippen molar-refractivity contribution >= 4 is 47.2 Å². The highest BCUT2D eigenvalue weighted by Crippen LogP contribution is 2.43. The molecule has 0 unspecified atom stereocenters. The van der Waals surface area contributed by atoms with Crippen molar-refractivity contribution in [3.63, 3.8) is 0 Å². The molecule has 1 aromatic rings. The van der Waals surface area contributed by atoms with Gasteiger partial charge in [0.25, 0.3) is 5.91 Å². The van der Waals surface area contributed by atoms with E-state index in [1.165, 1.54) is 23.5 Å². The highest BCUT2D eigenvalue weighted by atomic mass is 32.2. The number of amides is 4. The Balaban J connectivity index is 1.19. The molecule has 4 amide bonds. The van der Waals surface area contributed by atoms with Gasteiger partial charge in [0.2, 0.25) is 17.7 Å². The van der Waals surface area contributed by atoms with Crippen molar-refractivity contribution in [1.29, 1.82) is 0 Å². The smallest absolute Gasteiger partial charge is 0.260 e. The summed E-state index contributed by atoms with van der Waals surface area (Å²) >= 11 is 3.94. The minimum absolute atomic E-state index is 0.0446. The molecule has 4 rings (SSSR count). The van der Waals surface area contributed by atoms with Gasteiger partial charge in [0.15, 0.2) is 6.61 Å². The van der Waals surface area contributed by atoms with Crippen molar-refractivity contribution in [2.45, 2.75) is 23.8 Å². The van der Waals surface area contributed by atoms with Gasteiger partial charge in [-0.15, -0.1) is 23.5 Å². The van der Waals surface area contributed by atoms with Gasteiger partial charge in [-0.2, -0.15) is 0 Å². The Bertz CT molecular complexity index is 849. The summed E-state index contributed by atoms with van der Waals surface area (Å²) in [6.07, 6.45) is 1.61. The first-order chi connectivity index (χ1) is 15.5. The molecule has 0 atom stereocenters. The fourth-order valence-electron chi connectivity index (χ4n) is 3.88. The molecule has 0 bridgehead atoms. The zero-order chi connectivity index (χ0) is 22.5. The van der Waals surface area contributed by atoms with Crippen molar-refractivity contribution in [2.75, 3.05) is 50.8 Å². The molecule has 3 saturated heterocycles. The lowest BCUT2D eigenvalue weighted by atomic mass is 10.2. The van der Waals surface area contributed by atoms with Gasteiger partial charge in [0.1, 0.15) is 12.3 Å². The van der Waals surface area contributed by atoms with Gasteiger partial charge in [-0.1, -0.05) is 12.1 Å². The number of hydrogen-bond acceptors (Lipinski definition) is 7. The number of imide groups is 1. The number of nitrogens with zero attached hydrogens (tertiary/aromatic N) is 3. The fourth-order valence-corrected chi connectivity index (χ4v) is 6.77. The summed E-state index contributed by atoms with van der Waals surface area (Å²) in [7, 11) is 0. The van der Waals surface area contributed by atoms with E-state index in [0.717, 1.165) is 4.90 Å². The molecule has 0 saturated carbocycles. The largest absolute Gasteiger partial charge is 0.484 e. The van der Waals surface area contributed by atoms with Gasteiger partial charge in [0.05, 0.1) is 4.58 Å². The molecule has 3 heterocycles. The Hall–Kier alpha value is -2.20. The van der Waals surface area contributed by atoms with Crippen LogP contribution in [-0.4, -0.2) is 89.2 Å². The van der Waals surface area contributed by atoms with Crippen LogP contribution in [0.4, 0.5) is 0 Å². The summed E-state index contributed by atoms with van der Waals surface area (Å²) in [5, 5.41) is 0. The normalized spacial score (nSPS) is 20.1. The van der Waals surface area contributed by atoms with Gasteiger partial charge in [-0.3, -0.25) is 24.1 Å². The molecule has 3 aliphatic rings. The van der Waals surface area contributed by atoms with E-state index in [1.807, 2.05) is 35.7 Å². The summed E-state index contributed by atoms with van der Waals surface area (Å²) in [5.74, 6) is 2.09. The molecule has 0 N–H and O–H groups in total. The number of carbonyl (C=O) groups excluding carboxylic acids is 4. The number of rotatable bonds is 6. The van der Waals surface area contributed by atoms with Gasteiger partial charge in [-0.05, 0) is 35.6 Å². The molecule has 0 spiro atoms. The Morgan fingerprint density at radius 2 is 1.44 bits per heavy atom. The van der Waals surface area contributed by atoms with Crippen LogP contribution in [0.25, 0.3) is 0 Å². The molecule has 32 heavy (non-hydrogen) atoms. The van der Waals surface area contributed by atoms with Crippen LogP contribution in [0, 0.1) is 0 Å². The Morgan fingerprint density at radius 3 is 2.03 bits per heavy atom. The first kappa shape index (κ1) is 23.0. The quantitative estimate of drug-likeness (QED) is 0.577. The van der Waals surface area contributed by atoms with E-state index in [2.05, 4.69) is 12.1 Å². The summed E-state index contributed by atoms with van der Waals surface area (Å²) in [5.41, 5.74) is 1.27. The van der Waals surface area contributed by atoms with E-state index in [1.54, 1.807) is 9.80 Å².